The van der Waals surface area contributed by atoms with Crippen LogP contribution in [-0.4, -0.2) is 54.9 Å². The number of likely N-dealkylation sites (N-methyl/N-ethyl adjacent to an activating group) is 1. The Balaban J connectivity index is 1.47. The van der Waals surface area contributed by atoms with Gasteiger partial charge in [-0.1, -0.05) is 40.2 Å². The zero-order chi connectivity index (χ0) is 24.1. The maximum absolute atomic E-state index is 13.0. The number of ketones is 1. The highest BCUT2D eigenvalue weighted by Crippen LogP contribution is 2.29. The van der Waals surface area contributed by atoms with Crippen LogP contribution in [0, 0.1) is 0 Å². The van der Waals surface area contributed by atoms with Crippen molar-refractivity contribution < 1.29 is 14.7 Å². The van der Waals surface area contributed by atoms with Gasteiger partial charge in [0.15, 0.2) is 5.78 Å². The lowest BCUT2D eigenvalue weighted by Gasteiger charge is -2.23. The van der Waals surface area contributed by atoms with Gasteiger partial charge in [-0.3, -0.25) is 9.59 Å². The summed E-state index contributed by atoms with van der Waals surface area (Å²) in [5.41, 5.74) is 2.97. The molecule has 3 aromatic rings. The number of nitrogens with zero attached hydrogens (tertiary/aromatic N) is 2. The van der Waals surface area contributed by atoms with Crippen LogP contribution in [0.1, 0.15) is 32.7 Å². The van der Waals surface area contributed by atoms with Crippen LogP contribution in [0.5, 0.6) is 5.75 Å². The summed E-state index contributed by atoms with van der Waals surface area (Å²) in [6.45, 7) is 4.04. The van der Waals surface area contributed by atoms with Gasteiger partial charge in [0.2, 0.25) is 0 Å². The maximum Gasteiger partial charge on any atom is 0.255 e. The highest BCUT2D eigenvalue weighted by Gasteiger charge is 2.17. The molecule has 1 fully saturated rings. The molecule has 176 valence electrons. The molecule has 1 amide bonds. The second kappa shape index (κ2) is 10.8. The van der Waals surface area contributed by atoms with Crippen LogP contribution in [0.15, 0.2) is 71.2 Å². The minimum absolute atomic E-state index is 0.0635. The van der Waals surface area contributed by atoms with Gasteiger partial charge in [-0.05, 0) is 68.0 Å². The molecule has 34 heavy (non-hydrogen) atoms. The molecule has 7 heteroatoms. The van der Waals surface area contributed by atoms with E-state index in [1.165, 1.54) is 6.07 Å². The van der Waals surface area contributed by atoms with Crippen LogP contribution in [-0.2, 0) is 6.42 Å². The molecule has 2 N–H and O–H groups in total. The Labute approximate surface area is 208 Å². The van der Waals surface area contributed by atoms with Crippen LogP contribution in [0.2, 0.25) is 0 Å². The maximum atomic E-state index is 13.0. The third-order valence-corrected chi connectivity index (χ3v) is 6.63. The summed E-state index contributed by atoms with van der Waals surface area (Å²) in [5.74, 6) is -0.498. The molecular formula is C27H28BrN3O3. The SMILES string of the molecule is CN1CCCN(c2ccc(C(=O)Nc3c(O)cccc3CC(=O)c3ccc(Br)cc3)cc2)CC1. The molecule has 0 aliphatic carbocycles. The summed E-state index contributed by atoms with van der Waals surface area (Å²) >= 11 is 3.37. The minimum Gasteiger partial charge on any atom is -0.506 e. The van der Waals surface area contributed by atoms with E-state index in [0.717, 1.165) is 42.8 Å². The Morgan fingerprint density at radius 3 is 2.35 bits per heavy atom. The lowest BCUT2D eigenvalue weighted by Crippen LogP contribution is -2.28. The van der Waals surface area contributed by atoms with Crippen molar-refractivity contribution in [2.45, 2.75) is 12.8 Å². The monoisotopic (exact) mass is 521 g/mol. The second-order valence-corrected chi connectivity index (χ2v) is 9.48. The molecule has 0 unspecified atom stereocenters. The number of hydrogen-bond acceptors (Lipinski definition) is 5. The summed E-state index contributed by atoms with van der Waals surface area (Å²) in [6.07, 6.45) is 1.17. The molecule has 1 aliphatic heterocycles. The first-order chi connectivity index (χ1) is 16.4. The first-order valence-electron chi connectivity index (χ1n) is 11.4. The number of phenolic OH excluding ortho intramolecular Hbond substituents is 1. The Hall–Kier alpha value is -3.16. The van der Waals surface area contributed by atoms with Crippen molar-refractivity contribution in [2.24, 2.45) is 0 Å². The lowest BCUT2D eigenvalue weighted by atomic mass is 10.0. The summed E-state index contributed by atoms with van der Waals surface area (Å²) in [5, 5.41) is 13.2. The van der Waals surface area contributed by atoms with Crippen molar-refractivity contribution in [1.82, 2.24) is 4.90 Å². The zero-order valence-corrected chi connectivity index (χ0v) is 20.7. The van der Waals surface area contributed by atoms with Gasteiger partial charge in [-0.15, -0.1) is 0 Å². The van der Waals surface area contributed by atoms with Gasteiger partial charge in [0, 0.05) is 47.3 Å². The molecular weight excluding hydrogens is 494 g/mol. The number of Topliss-reactive ketones (excluding diaryl/α,β-unsaturated/α-hetero) is 1. The average molecular weight is 522 g/mol. The van der Waals surface area contributed by atoms with Crippen LogP contribution >= 0.6 is 15.9 Å². The molecule has 1 heterocycles. The Kier molecular flexibility index (Phi) is 7.65. The number of amides is 1. The molecule has 1 saturated heterocycles. The van der Waals surface area contributed by atoms with Crippen LogP contribution < -0.4 is 10.2 Å². The topological polar surface area (TPSA) is 72.9 Å². The highest BCUT2D eigenvalue weighted by molar-refractivity contribution is 9.10. The number of rotatable bonds is 6. The Bertz CT molecular complexity index is 1160. The first kappa shape index (κ1) is 24.0. The quantitative estimate of drug-likeness (QED) is 0.353. The first-order valence-corrected chi connectivity index (χ1v) is 12.1. The van der Waals surface area contributed by atoms with Crippen molar-refractivity contribution in [2.75, 3.05) is 43.4 Å². The van der Waals surface area contributed by atoms with E-state index in [2.05, 4.69) is 38.1 Å². The molecule has 6 nitrogen and oxygen atoms in total. The van der Waals surface area contributed by atoms with Crippen LogP contribution in [0.3, 0.4) is 0 Å². The summed E-state index contributed by atoms with van der Waals surface area (Å²) in [7, 11) is 2.14. The fourth-order valence-corrected chi connectivity index (χ4v) is 4.37. The van der Waals surface area contributed by atoms with Gasteiger partial charge in [-0.25, -0.2) is 0 Å². The van der Waals surface area contributed by atoms with Crippen molar-refractivity contribution in [3.05, 3.63) is 87.9 Å². The van der Waals surface area contributed by atoms with Crippen molar-refractivity contribution >= 4 is 39.0 Å². The molecule has 0 radical (unpaired) electrons. The van der Waals surface area contributed by atoms with Crippen molar-refractivity contribution in [3.8, 4) is 5.75 Å². The lowest BCUT2D eigenvalue weighted by molar-refractivity contribution is 0.0989. The average Bonchev–Trinajstić information content (AvgIpc) is 3.06. The second-order valence-electron chi connectivity index (χ2n) is 8.56. The number of phenols is 1. The van der Waals surface area contributed by atoms with E-state index in [4.69, 9.17) is 0 Å². The molecule has 3 aromatic carbocycles. The molecule has 1 aliphatic rings. The molecule has 0 aromatic heterocycles. The number of halogens is 1. The van der Waals surface area contributed by atoms with Crippen LogP contribution in [0.4, 0.5) is 11.4 Å². The van der Waals surface area contributed by atoms with Crippen molar-refractivity contribution in [3.63, 3.8) is 0 Å². The smallest absolute Gasteiger partial charge is 0.255 e. The molecule has 0 saturated carbocycles. The van der Waals surface area contributed by atoms with E-state index in [1.54, 1.807) is 36.4 Å². The van der Waals surface area contributed by atoms with E-state index in [-0.39, 0.29) is 29.5 Å². The Morgan fingerprint density at radius 1 is 0.912 bits per heavy atom. The fraction of sp³-hybridized carbons (Fsp3) is 0.259. The molecule has 0 bridgehead atoms. The summed E-state index contributed by atoms with van der Waals surface area (Å²) < 4.78 is 0.892. The zero-order valence-electron chi connectivity index (χ0n) is 19.1. The summed E-state index contributed by atoms with van der Waals surface area (Å²) in [6, 6.07) is 19.5. The largest absolute Gasteiger partial charge is 0.506 e. The molecule has 0 atom stereocenters. The number of anilines is 2. The molecule has 4 rings (SSSR count). The fourth-order valence-electron chi connectivity index (χ4n) is 4.10. The predicted octanol–water partition coefficient (Wildman–Crippen LogP) is 4.97. The third-order valence-electron chi connectivity index (χ3n) is 6.10. The highest BCUT2D eigenvalue weighted by atomic mass is 79.9. The third kappa shape index (κ3) is 5.85. The normalized spacial score (nSPS) is 14.5. The number of benzene rings is 3. The van der Waals surface area contributed by atoms with Crippen molar-refractivity contribution in [1.29, 1.82) is 0 Å². The van der Waals surface area contributed by atoms with E-state index in [1.807, 2.05) is 24.3 Å². The number of carbonyl (C=O) groups is 2. The number of nitrogens with one attached hydrogen (secondary N) is 1. The Morgan fingerprint density at radius 2 is 1.62 bits per heavy atom. The minimum atomic E-state index is -0.332. The standard InChI is InChI=1S/C27H28BrN3O3/c1-30-14-3-15-31(17-16-30)23-12-8-20(9-13-23)27(34)29-26-21(4-2-5-24(26)32)18-25(33)19-6-10-22(28)11-7-19/h2,4-13,32H,3,14-18H2,1H3,(H,29,34). The number of para-hydroxylation sites is 1. The number of hydrogen-bond donors (Lipinski definition) is 2. The van der Waals surface area contributed by atoms with E-state index >= 15 is 0 Å². The summed E-state index contributed by atoms with van der Waals surface area (Å²) in [4.78, 5) is 30.4. The van der Waals surface area contributed by atoms with E-state index in [9.17, 15) is 14.7 Å². The van der Waals surface area contributed by atoms with Gasteiger partial charge in [0.25, 0.3) is 5.91 Å². The van der Waals surface area contributed by atoms with Gasteiger partial charge < -0.3 is 20.2 Å². The number of aromatic hydroxyl groups is 1. The molecule has 0 spiro atoms. The predicted molar refractivity (Wildman–Crippen MR) is 139 cm³/mol. The number of carbonyl (C=O) groups excluding carboxylic acids is 2. The van der Waals surface area contributed by atoms with Gasteiger partial charge in [-0.2, -0.15) is 0 Å². The van der Waals surface area contributed by atoms with E-state index < -0.39 is 0 Å². The van der Waals surface area contributed by atoms with E-state index in [0.29, 0.717) is 16.7 Å². The van der Waals surface area contributed by atoms with Crippen LogP contribution in [0.25, 0.3) is 0 Å². The van der Waals surface area contributed by atoms with Gasteiger partial charge >= 0.3 is 0 Å². The van der Waals surface area contributed by atoms with Gasteiger partial charge in [0.05, 0.1) is 5.69 Å². The van der Waals surface area contributed by atoms with Gasteiger partial charge in [0.1, 0.15) is 5.75 Å².